The number of aromatic nitrogens is 1. The second-order valence-electron chi connectivity index (χ2n) is 8.98. The number of benzene rings is 3. The molecule has 1 aliphatic rings. The lowest BCUT2D eigenvalue weighted by Gasteiger charge is -2.13. The van der Waals surface area contributed by atoms with Gasteiger partial charge >= 0.3 is 5.97 Å². The van der Waals surface area contributed by atoms with Crippen molar-refractivity contribution in [2.45, 2.75) is 19.8 Å². The maximum Gasteiger partial charge on any atom is 0.339 e. The maximum atomic E-state index is 13.4. The Labute approximate surface area is 215 Å². The van der Waals surface area contributed by atoms with Crippen molar-refractivity contribution < 1.29 is 23.8 Å². The average molecular weight is 494 g/mol. The summed E-state index contributed by atoms with van der Waals surface area (Å²) in [7, 11) is 3.02. The number of hydrogen-bond acceptors (Lipinski definition) is 6. The van der Waals surface area contributed by atoms with Gasteiger partial charge in [-0.2, -0.15) is 0 Å². The van der Waals surface area contributed by atoms with Crippen LogP contribution in [0.4, 0.5) is 0 Å². The number of allylic oxidation sites excluding steroid dienone is 1. The van der Waals surface area contributed by atoms with Crippen LogP contribution in [0.2, 0.25) is 0 Å². The van der Waals surface area contributed by atoms with Crippen LogP contribution in [0.15, 0.2) is 66.7 Å². The number of hydrogen-bond donors (Lipinski definition) is 0. The number of rotatable bonds is 7. The van der Waals surface area contributed by atoms with Crippen molar-refractivity contribution >= 4 is 34.3 Å². The van der Waals surface area contributed by atoms with Gasteiger partial charge in [0.2, 0.25) is 5.78 Å². The predicted octanol–water partition coefficient (Wildman–Crippen LogP) is 6.09. The molecule has 1 aliphatic carbocycles. The Morgan fingerprint density at radius 1 is 0.946 bits per heavy atom. The van der Waals surface area contributed by atoms with Crippen LogP contribution in [0.3, 0.4) is 0 Å². The summed E-state index contributed by atoms with van der Waals surface area (Å²) < 4.78 is 16.1. The first-order valence-corrected chi connectivity index (χ1v) is 12.1. The molecule has 4 aromatic rings. The largest absolute Gasteiger partial charge is 0.497 e. The van der Waals surface area contributed by atoms with Gasteiger partial charge in [-0.1, -0.05) is 48.0 Å². The zero-order chi connectivity index (χ0) is 25.9. The summed E-state index contributed by atoms with van der Waals surface area (Å²) in [5, 5.41) is 0.720. The van der Waals surface area contributed by atoms with Gasteiger partial charge in [-0.3, -0.25) is 4.79 Å². The van der Waals surface area contributed by atoms with E-state index < -0.39 is 12.6 Å². The van der Waals surface area contributed by atoms with Crippen LogP contribution in [0.5, 0.6) is 11.5 Å². The average Bonchev–Trinajstić information content (AvgIpc) is 3.32. The van der Waals surface area contributed by atoms with E-state index in [4.69, 9.17) is 19.2 Å². The van der Waals surface area contributed by atoms with Crippen LogP contribution in [0.25, 0.3) is 22.6 Å². The van der Waals surface area contributed by atoms with Gasteiger partial charge in [0, 0.05) is 11.5 Å². The van der Waals surface area contributed by atoms with Gasteiger partial charge in [-0.15, -0.1) is 0 Å². The number of ether oxygens (including phenoxy) is 3. The van der Waals surface area contributed by atoms with Crippen molar-refractivity contribution in [3.05, 3.63) is 100 Å². The Balaban J connectivity index is 1.46. The van der Waals surface area contributed by atoms with Crippen molar-refractivity contribution in [3.63, 3.8) is 0 Å². The van der Waals surface area contributed by atoms with Crippen LogP contribution in [0.1, 0.15) is 49.5 Å². The molecular formula is C31H27NO5. The summed E-state index contributed by atoms with van der Waals surface area (Å²) in [6, 6.07) is 20.7. The summed E-state index contributed by atoms with van der Waals surface area (Å²) in [4.78, 5) is 31.3. The molecule has 1 aromatic heterocycles. The third kappa shape index (κ3) is 4.83. The molecule has 0 unspecified atom stereocenters. The van der Waals surface area contributed by atoms with Crippen LogP contribution in [-0.4, -0.2) is 37.6 Å². The molecule has 1 heterocycles. The molecule has 0 saturated heterocycles. The second kappa shape index (κ2) is 10.3. The van der Waals surface area contributed by atoms with Gasteiger partial charge in [0.15, 0.2) is 6.61 Å². The van der Waals surface area contributed by atoms with E-state index in [0.717, 1.165) is 34.2 Å². The lowest BCUT2D eigenvalue weighted by Crippen LogP contribution is -2.17. The summed E-state index contributed by atoms with van der Waals surface area (Å²) >= 11 is 0. The van der Waals surface area contributed by atoms with Gasteiger partial charge in [-0.05, 0) is 60.7 Å². The van der Waals surface area contributed by atoms with Gasteiger partial charge < -0.3 is 14.2 Å². The molecule has 0 radical (unpaired) electrons. The predicted molar refractivity (Wildman–Crippen MR) is 143 cm³/mol. The monoisotopic (exact) mass is 493 g/mol. The van der Waals surface area contributed by atoms with E-state index in [2.05, 4.69) is 37.3 Å². The number of pyridine rings is 1. The van der Waals surface area contributed by atoms with Crippen LogP contribution in [0, 0.1) is 6.92 Å². The highest BCUT2D eigenvalue weighted by Gasteiger charge is 2.28. The van der Waals surface area contributed by atoms with Gasteiger partial charge in [0.1, 0.15) is 11.5 Å². The minimum absolute atomic E-state index is 0.323. The molecule has 0 N–H and O–H groups in total. The number of para-hydroxylation sites is 1. The lowest BCUT2D eigenvalue weighted by atomic mass is 10.0. The molecule has 0 atom stereocenters. The Bertz CT molecular complexity index is 1540. The topological polar surface area (TPSA) is 74.7 Å². The number of esters is 1. The zero-order valence-corrected chi connectivity index (χ0v) is 21.0. The van der Waals surface area contributed by atoms with Crippen molar-refractivity contribution in [3.8, 4) is 11.5 Å². The van der Waals surface area contributed by atoms with Gasteiger partial charge in [0.25, 0.3) is 0 Å². The van der Waals surface area contributed by atoms with Crippen LogP contribution in [-0.2, 0) is 11.2 Å². The Hall–Kier alpha value is -4.45. The van der Waals surface area contributed by atoms with Crippen molar-refractivity contribution in [1.29, 1.82) is 0 Å². The lowest BCUT2D eigenvalue weighted by molar-refractivity contribution is 0.0475. The normalized spacial score (nSPS) is 13.4. The highest BCUT2D eigenvalue weighted by atomic mass is 16.5. The molecule has 0 aliphatic heterocycles. The highest BCUT2D eigenvalue weighted by Crippen LogP contribution is 2.38. The van der Waals surface area contributed by atoms with E-state index in [1.54, 1.807) is 18.2 Å². The van der Waals surface area contributed by atoms with Crippen LogP contribution < -0.4 is 9.47 Å². The summed E-state index contributed by atoms with van der Waals surface area (Å²) in [5.41, 5.74) is 6.56. The third-order valence-electron chi connectivity index (χ3n) is 6.61. The first kappa shape index (κ1) is 24.3. The first-order chi connectivity index (χ1) is 18.0. The fourth-order valence-corrected chi connectivity index (χ4v) is 4.69. The van der Waals surface area contributed by atoms with E-state index >= 15 is 0 Å². The van der Waals surface area contributed by atoms with E-state index in [9.17, 15) is 9.59 Å². The number of fused-ring (bicyclic) bond motifs is 2. The highest BCUT2D eigenvalue weighted by molar-refractivity contribution is 6.08. The SMILES string of the molecule is COc1ccc(C(=O)COC(=O)c2c3c(nc4ccccc24)C(=Cc2ccc(C)cc2)CC3)c(OC)c1. The third-order valence-corrected chi connectivity index (χ3v) is 6.61. The molecule has 0 amide bonds. The summed E-state index contributed by atoms with van der Waals surface area (Å²) in [6.07, 6.45) is 3.58. The number of nitrogens with zero attached hydrogens (tertiary/aromatic N) is 1. The van der Waals surface area contributed by atoms with E-state index in [0.29, 0.717) is 34.6 Å². The Morgan fingerprint density at radius 2 is 1.73 bits per heavy atom. The van der Waals surface area contributed by atoms with E-state index in [1.807, 2.05) is 24.3 Å². The number of carbonyl (C=O) groups excluding carboxylic acids is 2. The number of Topliss-reactive ketones (excluding diaryl/α,β-unsaturated/α-hetero) is 1. The van der Waals surface area contributed by atoms with Crippen molar-refractivity contribution in [2.75, 3.05) is 20.8 Å². The van der Waals surface area contributed by atoms with Crippen molar-refractivity contribution in [1.82, 2.24) is 4.98 Å². The standard InChI is InChI=1S/C31H27NO5/c1-19-8-10-20(11-9-19)16-21-12-14-25-29(23-6-4-5-7-26(23)32-30(21)25)31(34)37-18-27(33)24-15-13-22(35-2)17-28(24)36-3/h4-11,13,15-17H,12,14,18H2,1-3H3. The zero-order valence-electron chi connectivity index (χ0n) is 21.0. The minimum atomic E-state index is -0.535. The molecule has 6 heteroatoms. The molecule has 6 nitrogen and oxygen atoms in total. The molecule has 0 spiro atoms. The molecule has 0 saturated carbocycles. The number of ketones is 1. The van der Waals surface area contributed by atoms with Gasteiger partial charge in [-0.25, -0.2) is 9.78 Å². The smallest absolute Gasteiger partial charge is 0.339 e. The maximum absolute atomic E-state index is 13.4. The molecule has 186 valence electrons. The molecule has 37 heavy (non-hydrogen) atoms. The molecule has 3 aromatic carbocycles. The van der Waals surface area contributed by atoms with E-state index in [-0.39, 0.29) is 5.78 Å². The van der Waals surface area contributed by atoms with Crippen LogP contribution >= 0.6 is 0 Å². The van der Waals surface area contributed by atoms with Gasteiger partial charge in [0.05, 0.1) is 36.6 Å². The van der Waals surface area contributed by atoms with E-state index in [1.165, 1.54) is 19.8 Å². The fourth-order valence-electron chi connectivity index (χ4n) is 4.69. The summed E-state index contributed by atoms with van der Waals surface area (Å²) in [5.74, 6) is 0.0373. The summed E-state index contributed by atoms with van der Waals surface area (Å²) in [6.45, 7) is 1.65. The number of carbonyl (C=O) groups is 2. The molecule has 5 rings (SSSR count). The Kier molecular flexibility index (Phi) is 6.73. The molecular weight excluding hydrogens is 466 g/mol. The quantitative estimate of drug-likeness (QED) is 0.229. The first-order valence-electron chi connectivity index (χ1n) is 12.1. The molecule has 0 fully saturated rings. The van der Waals surface area contributed by atoms with Crippen molar-refractivity contribution in [2.24, 2.45) is 0 Å². The molecule has 0 bridgehead atoms. The number of aryl methyl sites for hydroxylation is 1. The second-order valence-corrected chi connectivity index (χ2v) is 8.98. The number of methoxy groups -OCH3 is 2. The fraction of sp³-hybridized carbons (Fsp3) is 0.194. The minimum Gasteiger partial charge on any atom is -0.497 e. The Morgan fingerprint density at radius 3 is 2.49 bits per heavy atom.